The zero-order valence-corrected chi connectivity index (χ0v) is 13.1. The maximum absolute atomic E-state index is 12.2. The van der Waals surface area contributed by atoms with E-state index in [1.54, 1.807) is 4.90 Å². The SMILES string of the molecule is CCC(=O)N1CCCC(C(=O)NCC(O)c2ccsc2)C1. The summed E-state index contributed by atoms with van der Waals surface area (Å²) < 4.78 is 0. The van der Waals surface area contributed by atoms with Crippen LogP contribution in [0, 0.1) is 5.92 Å². The van der Waals surface area contributed by atoms with Gasteiger partial charge in [-0.25, -0.2) is 0 Å². The highest BCUT2D eigenvalue weighted by Gasteiger charge is 2.27. The second-order valence-electron chi connectivity index (χ2n) is 5.35. The van der Waals surface area contributed by atoms with Crippen molar-refractivity contribution in [1.29, 1.82) is 0 Å². The molecule has 2 rings (SSSR count). The van der Waals surface area contributed by atoms with Gasteiger partial charge in [-0.15, -0.1) is 0 Å². The molecule has 0 saturated carbocycles. The molecule has 1 aliphatic heterocycles. The van der Waals surface area contributed by atoms with Gasteiger partial charge in [0.05, 0.1) is 12.0 Å². The molecule has 0 bridgehead atoms. The molecule has 2 N–H and O–H groups in total. The molecule has 2 unspecified atom stereocenters. The summed E-state index contributed by atoms with van der Waals surface area (Å²) in [5.41, 5.74) is 0.826. The van der Waals surface area contributed by atoms with Crippen LogP contribution >= 0.6 is 11.3 Å². The number of rotatable bonds is 5. The third kappa shape index (κ3) is 4.28. The molecule has 0 aromatic carbocycles. The molecule has 21 heavy (non-hydrogen) atoms. The zero-order valence-electron chi connectivity index (χ0n) is 12.2. The minimum absolute atomic E-state index is 0.0714. The quantitative estimate of drug-likeness (QED) is 0.867. The van der Waals surface area contributed by atoms with Crippen molar-refractivity contribution in [2.75, 3.05) is 19.6 Å². The Labute approximate surface area is 129 Å². The summed E-state index contributed by atoms with van der Waals surface area (Å²) in [6.45, 7) is 3.29. The summed E-state index contributed by atoms with van der Waals surface area (Å²) in [5, 5.41) is 16.5. The summed E-state index contributed by atoms with van der Waals surface area (Å²) in [5.74, 6) is -0.132. The van der Waals surface area contributed by atoms with Gasteiger partial charge in [0.25, 0.3) is 0 Å². The van der Waals surface area contributed by atoms with E-state index in [9.17, 15) is 14.7 Å². The Kier molecular flexibility index (Phi) is 5.76. The number of amides is 2. The van der Waals surface area contributed by atoms with Gasteiger partial charge < -0.3 is 15.3 Å². The van der Waals surface area contributed by atoms with Crippen molar-refractivity contribution in [2.24, 2.45) is 5.92 Å². The second kappa shape index (κ2) is 7.56. The van der Waals surface area contributed by atoms with Gasteiger partial charge in [0.2, 0.25) is 11.8 Å². The van der Waals surface area contributed by atoms with Crippen LogP contribution in [0.3, 0.4) is 0 Å². The van der Waals surface area contributed by atoms with E-state index >= 15 is 0 Å². The third-order valence-corrected chi connectivity index (χ3v) is 4.55. The van der Waals surface area contributed by atoms with Crippen LogP contribution in [0.4, 0.5) is 0 Å². The molecule has 1 aromatic rings. The molecule has 1 saturated heterocycles. The molecule has 2 atom stereocenters. The van der Waals surface area contributed by atoms with Gasteiger partial charge in [-0.3, -0.25) is 9.59 Å². The van der Waals surface area contributed by atoms with Gasteiger partial charge in [0, 0.05) is 26.1 Å². The molecule has 6 heteroatoms. The van der Waals surface area contributed by atoms with Crippen molar-refractivity contribution >= 4 is 23.2 Å². The molecule has 1 fully saturated rings. The number of nitrogens with zero attached hydrogens (tertiary/aromatic N) is 1. The Bertz CT molecular complexity index is 475. The van der Waals surface area contributed by atoms with Gasteiger partial charge in [0.1, 0.15) is 0 Å². The lowest BCUT2D eigenvalue weighted by molar-refractivity contribution is -0.135. The fourth-order valence-corrected chi connectivity index (χ4v) is 3.27. The first-order valence-corrected chi connectivity index (χ1v) is 8.31. The number of carbonyl (C=O) groups excluding carboxylic acids is 2. The topological polar surface area (TPSA) is 69.6 Å². The Balaban J connectivity index is 1.81. The molecule has 116 valence electrons. The number of aliphatic hydroxyl groups excluding tert-OH is 1. The van der Waals surface area contributed by atoms with Gasteiger partial charge in [-0.05, 0) is 35.2 Å². The Morgan fingerprint density at radius 2 is 2.38 bits per heavy atom. The monoisotopic (exact) mass is 310 g/mol. The fourth-order valence-electron chi connectivity index (χ4n) is 2.57. The summed E-state index contributed by atoms with van der Waals surface area (Å²) in [6.07, 6.45) is 1.47. The highest BCUT2D eigenvalue weighted by atomic mass is 32.1. The predicted octanol–water partition coefficient (Wildman–Crippen LogP) is 1.55. The Hall–Kier alpha value is -1.40. The summed E-state index contributed by atoms with van der Waals surface area (Å²) in [4.78, 5) is 25.6. The van der Waals surface area contributed by atoms with Crippen molar-refractivity contribution in [3.05, 3.63) is 22.4 Å². The average molecular weight is 310 g/mol. The van der Waals surface area contributed by atoms with Crippen molar-refractivity contribution in [3.8, 4) is 0 Å². The van der Waals surface area contributed by atoms with E-state index < -0.39 is 6.10 Å². The first-order chi connectivity index (χ1) is 10.1. The van der Waals surface area contributed by atoms with E-state index in [4.69, 9.17) is 0 Å². The molecular formula is C15H22N2O3S. The van der Waals surface area contributed by atoms with Crippen LogP contribution in [-0.4, -0.2) is 41.5 Å². The molecule has 2 amide bonds. The summed E-state index contributed by atoms with van der Waals surface area (Å²) >= 11 is 1.52. The lowest BCUT2D eigenvalue weighted by Gasteiger charge is -2.32. The highest BCUT2D eigenvalue weighted by Crippen LogP contribution is 2.19. The Morgan fingerprint density at radius 3 is 3.05 bits per heavy atom. The maximum Gasteiger partial charge on any atom is 0.225 e. The second-order valence-corrected chi connectivity index (χ2v) is 6.13. The van der Waals surface area contributed by atoms with Crippen LogP contribution in [0.1, 0.15) is 37.9 Å². The van der Waals surface area contributed by atoms with Crippen LogP contribution in [0.2, 0.25) is 0 Å². The van der Waals surface area contributed by atoms with Gasteiger partial charge >= 0.3 is 0 Å². The van der Waals surface area contributed by atoms with Crippen molar-refractivity contribution < 1.29 is 14.7 Å². The molecule has 1 aromatic heterocycles. The zero-order chi connectivity index (χ0) is 15.2. The van der Waals surface area contributed by atoms with Crippen molar-refractivity contribution in [1.82, 2.24) is 10.2 Å². The molecule has 1 aliphatic rings. The molecular weight excluding hydrogens is 288 g/mol. The van der Waals surface area contributed by atoms with E-state index in [1.165, 1.54) is 11.3 Å². The lowest BCUT2D eigenvalue weighted by atomic mass is 9.96. The average Bonchev–Trinajstić information content (AvgIpc) is 3.06. The number of aliphatic hydroxyl groups is 1. The van der Waals surface area contributed by atoms with Gasteiger partial charge in [-0.2, -0.15) is 11.3 Å². The highest BCUT2D eigenvalue weighted by molar-refractivity contribution is 7.07. The largest absolute Gasteiger partial charge is 0.387 e. The van der Waals surface area contributed by atoms with Crippen molar-refractivity contribution in [3.63, 3.8) is 0 Å². The Morgan fingerprint density at radius 1 is 1.57 bits per heavy atom. The molecule has 2 heterocycles. The normalized spacial score (nSPS) is 20.1. The number of hydrogen-bond donors (Lipinski definition) is 2. The van der Waals surface area contributed by atoms with Crippen LogP contribution in [-0.2, 0) is 9.59 Å². The lowest BCUT2D eigenvalue weighted by Crippen LogP contribution is -2.45. The van der Waals surface area contributed by atoms with Crippen LogP contribution in [0.15, 0.2) is 16.8 Å². The van der Waals surface area contributed by atoms with E-state index in [0.29, 0.717) is 13.0 Å². The molecule has 5 nitrogen and oxygen atoms in total. The molecule has 0 radical (unpaired) electrons. The number of hydrogen-bond acceptors (Lipinski definition) is 4. The fraction of sp³-hybridized carbons (Fsp3) is 0.600. The van der Waals surface area contributed by atoms with Gasteiger partial charge in [-0.1, -0.05) is 6.92 Å². The van der Waals surface area contributed by atoms with Crippen LogP contribution < -0.4 is 5.32 Å². The minimum atomic E-state index is -0.669. The standard InChI is InChI=1S/C15H22N2O3S/c1-2-14(19)17-6-3-4-11(9-17)15(20)16-8-13(18)12-5-7-21-10-12/h5,7,10-11,13,18H,2-4,6,8-9H2,1H3,(H,16,20). The minimum Gasteiger partial charge on any atom is -0.387 e. The van der Waals surface area contributed by atoms with E-state index in [2.05, 4.69) is 5.32 Å². The summed E-state index contributed by atoms with van der Waals surface area (Å²) in [6, 6.07) is 1.85. The first kappa shape index (κ1) is 16.0. The molecule has 0 aliphatic carbocycles. The number of piperidine rings is 1. The number of thiophene rings is 1. The van der Waals surface area contributed by atoms with E-state index in [1.807, 2.05) is 23.8 Å². The number of likely N-dealkylation sites (tertiary alicyclic amines) is 1. The van der Waals surface area contributed by atoms with Crippen LogP contribution in [0.5, 0.6) is 0 Å². The number of nitrogens with one attached hydrogen (secondary N) is 1. The number of carbonyl (C=O) groups is 2. The predicted molar refractivity (Wildman–Crippen MR) is 81.9 cm³/mol. The first-order valence-electron chi connectivity index (χ1n) is 7.37. The summed E-state index contributed by atoms with van der Waals surface area (Å²) in [7, 11) is 0. The van der Waals surface area contributed by atoms with Crippen LogP contribution in [0.25, 0.3) is 0 Å². The van der Waals surface area contributed by atoms with E-state index in [0.717, 1.165) is 24.9 Å². The van der Waals surface area contributed by atoms with Crippen molar-refractivity contribution in [2.45, 2.75) is 32.3 Å². The third-order valence-electron chi connectivity index (χ3n) is 3.84. The molecule has 0 spiro atoms. The van der Waals surface area contributed by atoms with E-state index in [-0.39, 0.29) is 24.3 Å². The maximum atomic E-state index is 12.2. The van der Waals surface area contributed by atoms with Gasteiger partial charge in [0.15, 0.2) is 0 Å². The smallest absolute Gasteiger partial charge is 0.225 e.